The summed E-state index contributed by atoms with van der Waals surface area (Å²) in [6.07, 6.45) is 0. The van der Waals surface area contributed by atoms with E-state index < -0.39 is 0 Å². The first-order chi connectivity index (χ1) is 10.0. The van der Waals surface area contributed by atoms with Crippen LogP contribution in [-0.2, 0) is 6.61 Å². The molecule has 0 spiro atoms. The molecule has 0 atom stereocenters. The van der Waals surface area contributed by atoms with Gasteiger partial charge in [-0.15, -0.1) is 0 Å². The Hall–Kier alpha value is -2.13. The number of ether oxygens (including phenoxy) is 1. The number of aryl methyl sites for hydroxylation is 2. The van der Waals surface area contributed by atoms with Gasteiger partial charge in [-0.3, -0.25) is 4.99 Å². The molecule has 0 bridgehead atoms. The maximum atomic E-state index is 9.35. The van der Waals surface area contributed by atoms with E-state index in [9.17, 15) is 5.11 Å². The summed E-state index contributed by atoms with van der Waals surface area (Å²) in [5, 5.41) is 9.35. The van der Waals surface area contributed by atoms with Gasteiger partial charge < -0.3 is 9.84 Å². The Bertz CT molecular complexity index is 634. The first kappa shape index (κ1) is 15.3. The Morgan fingerprint density at radius 1 is 1.10 bits per heavy atom. The summed E-state index contributed by atoms with van der Waals surface area (Å²) in [6.45, 7) is 6.06. The fraction of sp³-hybridized carbons (Fsp3) is 0.278. The van der Waals surface area contributed by atoms with E-state index in [2.05, 4.69) is 4.99 Å². The molecule has 0 amide bonds. The summed E-state index contributed by atoms with van der Waals surface area (Å²) >= 11 is 0. The normalized spacial score (nSPS) is 11.6. The van der Waals surface area contributed by atoms with Crippen LogP contribution < -0.4 is 4.74 Å². The lowest BCUT2D eigenvalue weighted by Crippen LogP contribution is -1.96. The largest absolute Gasteiger partial charge is 0.497 e. The Labute approximate surface area is 125 Å². The van der Waals surface area contributed by atoms with Gasteiger partial charge in [-0.05, 0) is 79.4 Å². The monoisotopic (exact) mass is 283 g/mol. The summed E-state index contributed by atoms with van der Waals surface area (Å²) in [7, 11) is 1.66. The number of rotatable bonds is 4. The molecule has 2 rings (SSSR count). The van der Waals surface area contributed by atoms with Gasteiger partial charge in [0.05, 0.1) is 19.4 Å². The first-order valence-electron chi connectivity index (χ1n) is 6.96. The number of nitrogens with zero attached hydrogens (tertiary/aromatic N) is 1. The molecular weight excluding hydrogens is 262 g/mol. The molecule has 2 aromatic carbocycles. The van der Waals surface area contributed by atoms with Gasteiger partial charge in [0, 0.05) is 5.71 Å². The minimum atomic E-state index is 0.0686. The lowest BCUT2D eigenvalue weighted by Gasteiger charge is -2.09. The predicted octanol–water partition coefficient (Wildman–Crippen LogP) is 3.95. The molecule has 3 heteroatoms. The zero-order valence-corrected chi connectivity index (χ0v) is 13.0. The standard InChI is InChI=1S/C18H21NO2/c1-12-9-16(10-13(2)18(12)11-20)19-14(3)15-5-7-17(21-4)8-6-15/h5-10,20H,11H2,1-4H3. The third kappa shape index (κ3) is 3.50. The van der Waals surface area contributed by atoms with Crippen molar-refractivity contribution in [3.63, 3.8) is 0 Å². The molecule has 0 unspecified atom stereocenters. The molecule has 2 aromatic rings. The molecule has 21 heavy (non-hydrogen) atoms. The van der Waals surface area contributed by atoms with Crippen molar-refractivity contribution in [3.8, 4) is 5.75 Å². The van der Waals surface area contributed by atoms with Crippen molar-refractivity contribution in [3.05, 3.63) is 58.7 Å². The molecule has 110 valence electrons. The summed E-state index contributed by atoms with van der Waals surface area (Å²) in [5.74, 6) is 0.838. The second-order valence-corrected chi connectivity index (χ2v) is 5.14. The number of aliphatic imine (C=N–C) groups is 1. The van der Waals surface area contributed by atoms with Crippen LogP contribution in [0.25, 0.3) is 0 Å². The average molecular weight is 283 g/mol. The third-order valence-electron chi connectivity index (χ3n) is 3.64. The number of methoxy groups -OCH3 is 1. The number of aliphatic hydroxyl groups is 1. The topological polar surface area (TPSA) is 41.8 Å². The van der Waals surface area contributed by atoms with E-state index in [0.717, 1.165) is 39.4 Å². The maximum Gasteiger partial charge on any atom is 0.118 e. The predicted molar refractivity (Wildman–Crippen MR) is 86.7 cm³/mol. The molecule has 0 heterocycles. The van der Waals surface area contributed by atoms with E-state index in [0.29, 0.717) is 0 Å². The van der Waals surface area contributed by atoms with Crippen LogP contribution in [0.2, 0.25) is 0 Å². The number of hydrogen-bond acceptors (Lipinski definition) is 3. The third-order valence-corrected chi connectivity index (χ3v) is 3.64. The van der Waals surface area contributed by atoms with Crippen LogP contribution >= 0.6 is 0 Å². The second kappa shape index (κ2) is 6.55. The van der Waals surface area contributed by atoms with Gasteiger partial charge >= 0.3 is 0 Å². The number of hydrogen-bond donors (Lipinski definition) is 1. The minimum Gasteiger partial charge on any atom is -0.497 e. The second-order valence-electron chi connectivity index (χ2n) is 5.14. The molecule has 3 nitrogen and oxygen atoms in total. The number of benzene rings is 2. The van der Waals surface area contributed by atoms with Gasteiger partial charge in [0.1, 0.15) is 5.75 Å². The van der Waals surface area contributed by atoms with Crippen molar-refractivity contribution in [1.29, 1.82) is 0 Å². The molecular formula is C18H21NO2. The highest BCUT2D eigenvalue weighted by Gasteiger charge is 2.05. The van der Waals surface area contributed by atoms with Gasteiger partial charge in [0.15, 0.2) is 0 Å². The van der Waals surface area contributed by atoms with Crippen molar-refractivity contribution in [2.45, 2.75) is 27.4 Å². The van der Waals surface area contributed by atoms with Crippen LogP contribution in [0.4, 0.5) is 5.69 Å². The van der Waals surface area contributed by atoms with Crippen LogP contribution in [0.3, 0.4) is 0 Å². The van der Waals surface area contributed by atoms with Crippen molar-refractivity contribution >= 4 is 11.4 Å². The Morgan fingerprint density at radius 3 is 2.14 bits per heavy atom. The average Bonchev–Trinajstić information content (AvgIpc) is 2.47. The van der Waals surface area contributed by atoms with Gasteiger partial charge in [-0.1, -0.05) is 0 Å². The lowest BCUT2D eigenvalue weighted by atomic mass is 10.0. The van der Waals surface area contributed by atoms with E-state index >= 15 is 0 Å². The Balaban J connectivity index is 2.33. The fourth-order valence-electron chi connectivity index (χ4n) is 2.37. The highest BCUT2D eigenvalue weighted by molar-refractivity contribution is 6.00. The maximum absolute atomic E-state index is 9.35. The highest BCUT2D eigenvalue weighted by Crippen LogP contribution is 2.23. The molecule has 0 fully saturated rings. The van der Waals surface area contributed by atoms with Gasteiger partial charge in [-0.25, -0.2) is 0 Å². The van der Waals surface area contributed by atoms with E-state index in [1.165, 1.54) is 0 Å². The van der Waals surface area contributed by atoms with Gasteiger partial charge in [-0.2, -0.15) is 0 Å². The van der Waals surface area contributed by atoms with Crippen molar-refractivity contribution in [2.24, 2.45) is 4.99 Å². The zero-order valence-electron chi connectivity index (χ0n) is 13.0. The van der Waals surface area contributed by atoms with Crippen LogP contribution in [0.5, 0.6) is 5.75 Å². The molecule has 0 aliphatic rings. The first-order valence-corrected chi connectivity index (χ1v) is 6.96. The SMILES string of the molecule is COc1ccc(C(C)=Nc2cc(C)c(CO)c(C)c2)cc1. The van der Waals surface area contributed by atoms with Crippen molar-refractivity contribution in [2.75, 3.05) is 7.11 Å². The summed E-state index contributed by atoms with van der Waals surface area (Å²) in [6, 6.07) is 11.9. The molecule has 1 N–H and O–H groups in total. The van der Waals surface area contributed by atoms with Crippen LogP contribution in [0.1, 0.15) is 29.2 Å². The summed E-state index contributed by atoms with van der Waals surface area (Å²) in [5.41, 5.74) is 6.05. The smallest absolute Gasteiger partial charge is 0.118 e. The number of aliphatic hydroxyl groups excluding tert-OH is 1. The molecule has 0 saturated heterocycles. The van der Waals surface area contributed by atoms with E-state index in [1.807, 2.05) is 57.2 Å². The van der Waals surface area contributed by atoms with E-state index in [1.54, 1.807) is 7.11 Å². The van der Waals surface area contributed by atoms with E-state index in [4.69, 9.17) is 4.74 Å². The highest BCUT2D eigenvalue weighted by atomic mass is 16.5. The Kier molecular flexibility index (Phi) is 4.76. The van der Waals surface area contributed by atoms with Crippen molar-refractivity contribution in [1.82, 2.24) is 0 Å². The molecule has 0 aliphatic carbocycles. The quantitative estimate of drug-likeness (QED) is 0.863. The summed E-state index contributed by atoms with van der Waals surface area (Å²) in [4.78, 5) is 4.68. The molecule has 0 aromatic heterocycles. The zero-order chi connectivity index (χ0) is 15.4. The minimum absolute atomic E-state index is 0.0686. The fourth-order valence-corrected chi connectivity index (χ4v) is 2.37. The van der Waals surface area contributed by atoms with Crippen LogP contribution in [0, 0.1) is 13.8 Å². The summed E-state index contributed by atoms with van der Waals surface area (Å²) < 4.78 is 5.16. The Morgan fingerprint density at radius 2 is 1.67 bits per heavy atom. The van der Waals surface area contributed by atoms with Gasteiger partial charge in [0.2, 0.25) is 0 Å². The van der Waals surface area contributed by atoms with Crippen LogP contribution in [0.15, 0.2) is 41.4 Å². The van der Waals surface area contributed by atoms with Crippen molar-refractivity contribution < 1.29 is 9.84 Å². The van der Waals surface area contributed by atoms with E-state index in [-0.39, 0.29) is 6.61 Å². The molecule has 0 saturated carbocycles. The van der Waals surface area contributed by atoms with Gasteiger partial charge in [0.25, 0.3) is 0 Å². The molecule has 0 aliphatic heterocycles. The lowest BCUT2D eigenvalue weighted by molar-refractivity contribution is 0.280. The molecule has 0 radical (unpaired) electrons. The van der Waals surface area contributed by atoms with Crippen LogP contribution in [-0.4, -0.2) is 17.9 Å².